The van der Waals surface area contributed by atoms with Crippen molar-refractivity contribution < 1.29 is 9.59 Å². The molecule has 4 rings (SSSR count). The van der Waals surface area contributed by atoms with Crippen molar-refractivity contribution in [2.75, 3.05) is 18.4 Å². The number of aromatic nitrogens is 1. The molecule has 1 aliphatic rings. The first-order chi connectivity index (χ1) is 14.5. The molecule has 0 radical (unpaired) electrons. The van der Waals surface area contributed by atoms with Crippen LogP contribution in [0, 0.1) is 12.8 Å². The maximum Gasteiger partial charge on any atom is 0.228 e. The zero-order valence-electron chi connectivity index (χ0n) is 17.3. The number of carbonyl (C=O) groups is 2. The van der Waals surface area contributed by atoms with E-state index >= 15 is 0 Å². The molecule has 156 valence electrons. The smallest absolute Gasteiger partial charge is 0.228 e. The Kier molecular flexibility index (Phi) is 5.86. The van der Waals surface area contributed by atoms with E-state index in [-0.39, 0.29) is 17.7 Å². The Balaban J connectivity index is 1.35. The van der Waals surface area contributed by atoms with Gasteiger partial charge in [-0.2, -0.15) is 0 Å². The second kappa shape index (κ2) is 8.71. The number of nitrogens with one attached hydrogen (secondary N) is 2. The molecule has 1 atom stereocenters. The predicted molar refractivity (Wildman–Crippen MR) is 119 cm³/mol. The number of carbonyl (C=O) groups excluding carboxylic acids is 2. The van der Waals surface area contributed by atoms with Gasteiger partial charge in [-0.1, -0.05) is 30.3 Å². The molecule has 1 aliphatic heterocycles. The molecule has 2 amide bonds. The fraction of sp³-hybridized carbons (Fsp3) is 0.333. The first-order valence-electron chi connectivity index (χ1n) is 10.5. The lowest BCUT2D eigenvalue weighted by Gasteiger charge is -2.31. The van der Waals surface area contributed by atoms with Gasteiger partial charge in [-0.25, -0.2) is 0 Å². The number of para-hydroxylation sites is 1. The SMILES string of the molecule is Cc1[nH]c2ccccc2c1CC(=O)Nc1ccc(CN2CCCC(C(N)=O)C2)cc1. The molecule has 3 aromatic rings. The van der Waals surface area contributed by atoms with Gasteiger partial charge in [0.25, 0.3) is 0 Å². The fourth-order valence-corrected chi connectivity index (χ4v) is 4.31. The molecule has 6 heteroatoms. The summed E-state index contributed by atoms with van der Waals surface area (Å²) in [6.45, 7) is 4.48. The van der Waals surface area contributed by atoms with E-state index in [1.165, 1.54) is 0 Å². The van der Waals surface area contributed by atoms with Crippen LogP contribution in [-0.2, 0) is 22.6 Å². The van der Waals surface area contributed by atoms with Crippen molar-refractivity contribution in [3.63, 3.8) is 0 Å². The fourth-order valence-electron chi connectivity index (χ4n) is 4.31. The second-order valence-corrected chi connectivity index (χ2v) is 8.17. The van der Waals surface area contributed by atoms with Crippen LogP contribution in [0.4, 0.5) is 5.69 Å². The van der Waals surface area contributed by atoms with Crippen molar-refractivity contribution in [2.45, 2.75) is 32.7 Å². The van der Waals surface area contributed by atoms with Gasteiger partial charge >= 0.3 is 0 Å². The summed E-state index contributed by atoms with van der Waals surface area (Å²) in [5.41, 5.74) is 10.5. The Hall–Kier alpha value is -3.12. The van der Waals surface area contributed by atoms with E-state index in [0.29, 0.717) is 6.42 Å². The van der Waals surface area contributed by atoms with Crippen molar-refractivity contribution in [1.82, 2.24) is 9.88 Å². The maximum atomic E-state index is 12.6. The van der Waals surface area contributed by atoms with E-state index < -0.39 is 0 Å². The Morgan fingerprint density at radius 2 is 1.93 bits per heavy atom. The second-order valence-electron chi connectivity index (χ2n) is 8.17. The van der Waals surface area contributed by atoms with Gasteiger partial charge in [0.1, 0.15) is 0 Å². The highest BCUT2D eigenvalue weighted by molar-refractivity contribution is 5.96. The normalized spacial score (nSPS) is 17.2. The van der Waals surface area contributed by atoms with Crippen LogP contribution in [0.5, 0.6) is 0 Å². The first-order valence-corrected chi connectivity index (χ1v) is 10.5. The number of fused-ring (bicyclic) bond motifs is 1. The van der Waals surface area contributed by atoms with Crippen molar-refractivity contribution in [3.05, 3.63) is 65.4 Å². The van der Waals surface area contributed by atoms with Gasteiger partial charge in [-0.3, -0.25) is 14.5 Å². The van der Waals surface area contributed by atoms with Crippen molar-refractivity contribution in [2.24, 2.45) is 11.7 Å². The Morgan fingerprint density at radius 1 is 1.17 bits per heavy atom. The summed E-state index contributed by atoms with van der Waals surface area (Å²) in [5, 5.41) is 4.09. The third kappa shape index (κ3) is 4.54. The molecule has 0 bridgehead atoms. The number of nitrogens with zero attached hydrogens (tertiary/aromatic N) is 1. The molecule has 1 unspecified atom stereocenters. The third-order valence-corrected chi connectivity index (χ3v) is 5.92. The number of aromatic amines is 1. The average molecular weight is 405 g/mol. The Bertz CT molecular complexity index is 1050. The summed E-state index contributed by atoms with van der Waals surface area (Å²) in [4.78, 5) is 29.7. The summed E-state index contributed by atoms with van der Waals surface area (Å²) < 4.78 is 0. The quantitative estimate of drug-likeness (QED) is 0.588. The summed E-state index contributed by atoms with van der Waals surface area (Å²) in [6, 6.07) is 16.0. The Labute approximate surface area is 176 Å². The zero-order chi connectivity index (χ0) is 21.1. The number of H-pyrrole nitrogens is 1. The number of nitrogens with two attached hydrogens (primary N) is 1. The van der Waals surface area contributed by atoms with Crippen LogP contribution >= 0.6 is 0 Å². The van der Waals surface area contributed by atoms with Crippen LogP contribution in [0.3, 0.4) is 0 Å². The number of aryl methyl sites for hydroxylation is 1. The van der Waals surface area contributed by atoms with Crippen LogP contribution in [-0.4, -0.2) is 34.8 Å². The van der Waals surface area contributed by atoms with Crippen molar-refractivity contribution >= 4 is 28.4 Å². The van der Waals surface area contributed by atoms with E-state index in [2.05, 4.69) is 15.2 Å². The Morgan fingerprint density at radius 3 is 2.70 bits per heavy atom. The number of hydrogen-bond donors (Lipinski definition) is 3. The van der Waals surface area contributed by atoms with Crippen molar-refractivity contribution in [3.8, 4) is 0 Å². The minimum atomic E-state index is -0.205. The number of anilines is 1. The van der Waals surface area contributed by atoms with Gasteiger partial charge in [0.2, 0.25) is 11.8 Å². The molecule has 0 saturated carbocycles. The number of likely N-dealkylation sites (tertiary alicyclic amines) is 1. The molecule has 1 fully saturated rings. The highest BCUT2D eigenvalue weighted by Crippen LogP contribution is 2.23. The predicted octanol–water partition coefficient (Wildman–Crippen LogP) is 3.35. The molecule has 2 heterocycles. The maximum absolute atomic E-state index is 12.6. The van der Waals surface area contributed by atoms with Gasteiger partial charge in [-0.05, 0) is 55.6 Å². The number of benzene rings is 2. The zero-order valence-corrected chi connectivity index (χ0v) is 17.3. The van der Waals surface area contributed by atoms with E-state index in [1.807, 2.05) is 55.5 Å². The highest BCUT2D eigenvalue weighted by atomic mass is 16.2. The molecule has 1 aromatic heterocycles. The standard InChI is InChI=1S/C24H28N4O2/c1-16-21(20-6-2-3-7-22(20)26-16)13-23(29)27-19-10-8-17(9-11-19)14-28-12-4-5-18(15-28)24(25)30/h2-3,6-11,18,26H,4-5,12-15H2,1H3,(H2,25,30)(H,27,29). The largest absolute Gasteiger partial charge is 0.369 e. The lowest BCUT2D eigenvalue weighted by molar-refractivity contribution is -0.123. The van der Waals surface area contributed by atoms with Crippen molar-refractivity contribution in [1.29, 1.82) is 0 Å². The number of rotatable bonds is 6. The molecule has 0 aliphatic carbocycles. The molecular formula is C24H28N4O2. The number of hydrogen-bond acceptors (Lipinski definition) is 3. The monoisotopic (exact) mass is 404 g/mol. The van der Waals surface area contributed by atoms with E-state index in [9.17, 15) is 9.59 Å². The van der Waals surface area contributed by atoms with E-state index in [1.54, 1.807) is 0 Å². The minimum absolute atomic E-state index is 0.0315. The summed E-state index contributed by atoms with van der Waals surface area (Å²) >= 11 is 0. The summed E-state index contributed by atoms with van der Waals surface area (Å²) in [6.07, 6.45) is 2.21. The van der Waals surface area contributed by atoms with Gasteiger partial charge in [0.15, 0.2) is 0 Å². The number of primary amides is 1. The molecule has 2 aromatic carbocycles. The van der Waals surface area contributed by atoms with Crippen LogP contribution in [0.25, 0.3) is 10.9 Å². The average Bonchev–Trinajstić information content (AvgIpc) is 3.05. The highest BCUT2D eigenvalue weighted by Gasteiger charge is 2.23. The van der Waals surface area contributed by atoms with Gasteiger partial charge in [0.05, 0.1) is 12.3 Å². The van der Waals surface area contributed by atoms with Crippen LogP contribution in [0.2, 0.25) is 0 Å². The lowest BCUT2D eigenvalue weighted by Crippen LogP contribution is -2.40. The molecule has 0 spiro atoms. The number of amides is 2. The molecule has 1 saturated heterocycles. The van der Waals surface area contributed by atoms with Crippen LogP contribution in [0.15, 0.2) is 48.5 Å². The first kappa shape index (κ1) is 20.2. The van der Waals surface area contributed by atoms with Gasteiger partial charge in [0, 0.05) is 35.4 Å². The van der Waals surface area contributed by atoms with E-state index in [0.717, 1.165) is 65.9 Å². The lowest BCUT2D eigenvalue weighted by atomic mass is 9.97. The molecule has 30 heavy (non-hydrogen) atoms. The summed E-state index contributed by atoms with van der Waals surface area (Å²) in [7, 11) is 0. The molecule has 6 nitrogen and oxygen atoms in total. The topological polar surface area (TPSA) is 91.2 Å². The molecular weight excluding hydrogens is 376 g/mol. The third-order valence-electron chi connectivity index (χ3n) is 5.92. The van der Waals surface area contributed by atoms with Gasteiger partial charge in [-0.15, -0.1) is 0 Å². The summed E-state index contributed by atoms with van der Waals surface area (Å²) in [5.74, 6) is -0.288. The van der Waals surface area contributed by atoms with Crippen LogP contribution < -0.4 is 11.1 Å². The minimum Gasteiger partial charge on any atom is -0.369 e. The van der Waals surface area contributed by atoms with E-state index in [4.69, 9.17) is 5.73 Å². The van der Waals surface area contributed by atoms with Gasteiger partial charge < -0.3 is 16.0 Å². The number of piperidine rings is 1. The van der Waals surface area contributed by atoms with Crippen LogP contribution in [0.1, 0.15) is 29.7 Å². The molecule has 4 N–H and O–H groups in total.